The van der Waals surface area contributed by atoms with Crippen molar-refractivity contribution in [3.05, 3.63) is 50.1 Å². The Hall–Kier alpha value is -1.63. The third kappa shape index (κ3) is 5.00. The van der Waals surface area contributed by atoms with Gasteiger partial charge in [-0.25, -0.2) is 0 Å². The molecule has 0 aliphatic rings. The number of aliphatic hydroxyl groups excluding tert-OH is 1. The van der Waals surface area contributed by atoms with Crippen LogP contribution >= 0.6 is 11.3 Å². The molecule has 1 atom stereocenters. The van der Waals surface area contributed by atoms with Gasteiger partial charge in [0, 0.05) is 24.2 Å². The van der Waals surface area contributed by atoms with E-state index >= 15 is 0 Å². The molecule has 0 fully saturated rings. The normalized spacial score (nSPS) is 12.3. The van der Waals surface area contributed by atoms with Gasteiger partial charge in [0.2, 0.25) is 0 Å². The summed E-state index contributed by atoms with van der Waals surface area (Å²) in [6.07, 6.45) is -0.601. The Labute approximate surface area is 127 Å². The van der Waals surface area contributed by atoms with E-state index in [1.165, 1.54) is 5.56 Å². The number of aryl methyl sites for hydroxylation is 2. The lowest BCUT2D eigenvalue weighted by atomic mass is 10.1. The van der Waals surface area contributed by atoms with Crippen molar-refractivity contribution in [2.45, 2.75) is 26.5 Å². The molecule has 1 unspecified atom stereocenters. The Kier molecular flexibility index (Phi) is 5.55. The van der Waals surface area contributed by atoms with Crippen molar-refractivity contribution in [1.82, 2.24) is 10.3 Å². The van der Waals surface area contributed by atoms with E-state index in [4.69, 9.17) is 4.74 Å². The van der Waals surface area contributed by atoms with E-state index < -0.39 is 6.10 Å². The number of hydrogen-bond donors (Lipinski definition) is 3. The van der Waals surface area contributed by atoms with Crippen molar-refractivity contribution in [1.29, 1.82) is 0 Å². The Morgan fingerprint density at radius 2 is 2.24 bits per heavy atom. The largest absolute Gasteiger partial charge is 0.491 e. The molecule has 0 radical (unpaired) electrons. The third-order valence-corrected chi connectivity index (χ3v) is 3.75. The Balaban J connectivity index is 1.72. The zero-order valence-electron chi connectivity index (χ0n) is 12.2. The molecular formula is C15H20N2O3S. The highest BCUT2D eigenvalue weighted by Crippen LogP contribution is 2.18. The highest BCUT2D eigenvalue weighted by atomic mass is 32.1. The predicted octanol–water partition coefficient (Wildman–Crippen LogP) is 1.58. The molecule has 0 spiro atoms. The second-order valence-electron chi connectivity index (χ2n) is 5.04. The van der Waals surface area contributed by atoms with Crippen LogP contribution in [0.25, 0.3) is 0 Å². The molecule has 1 aromatic heterocycles. The maximum Gasteiger partial charge on any atom is 0.304 e. The summed E-state index contributed by atoms with van der Waals surface area (Å²) in [4.78, 5) is 13.6. The summed E-state index contributed by atoms with van der Waals surface area (Å²) in [6, 6.07) is 5.95. The van der Waals surface area contributed by atoms with Crippen molar-refractivity contribution in [2.24, 2.45) is 0 Å². The van der Waals surface area contributed by atoms with Crippen LogP contribution in [0.5, 0.6) is 5.75 Å². The molecule has 114 valence electrons. The van der Waals surface area contributed by atoms with Crippen LogP contribution in [0.2, 0.25) is 0 Å². The standard InChI is InChI=1S/C15H20N2O3S/c1-10-3-4-14(11(2)5-10)20-8-13(18)7-16-6-12-9-21-15(19)17-12/h3-5,9,13,16,18H,6-8H2,1-2H3,(H,17,19). The van der Waals surface area contributed by atoms with Crippen molar-refractivity contribution >= 4 is 11.3 Å². The summed E-state index contributed by atoms with van der Waals surface area (Å²) in [7, 11) is 0. The van der Waals surface area contributed by atoms with Crippen LogP contribution in [0.4, 0.5) is 0 Å². The molecule has 6 heteroatoms. The number of aromatic nitrogens is 1. The van der Waals surface area contributed by atoms with Gasteiger partial charge in [0.15, 0.2) is 0 Å². The number of benzene rings is 1. The Bertz CT molecular complexity index is 636. The zero-order chi connectivity index (χ0) is 15.2. The average molecular weight is 308 g/mol. The fourth-order valence-corrected chi connectivity index (χ4v) is 2.56. The number of hydrogen-bond acceptors (Lipinski definition) is 5. The van der Waals surface area contributed by atoms with Crippen LogP contribution < -0.4 is 14.9 Å². The predicted molar refractivity (Wildman–Crippen MR) is 84.1 cm³/mol. The first kappa shape index (κ1) is 15.8. The molecule has 5 nitrogen and oxygen atoms in total. The summed E-state index contributed by atoms with van der Waals surface area (Å²) in [5, 5.41) is 14.7. The van der Waals surface area contributed by atoms with Crippen molar-refractivity contribution in [3.63, 3.8) is 0 Å². The molecule has 21 heavy (non-hydrogen) atoms. The second-order valence-corrected chi connectivity index (χ2v) is 5.88. The fourth-order valence-electron chi connectivity index (χ4n) is 1.98. The van der Waals surface area contributed by atoms with Crippen molar-refractivity contribution in [2.75, 3.05) is 13.2 Å². The van der Waals surface area contributed by atoms with E-state index in [1.54, 1.807) is 5.38 Å². The van der Waals surface area contributed by atoms with Gasteiger partial charge in [-0.2, -0.15) is 0 Å². The van der Waals surface area contributed by atoms with Gasteiger partial charge in [0.25, 0.3) is 0 Å². The lowest BCUT2D eigenvalue weighted by molar-refractivity contribution is 0.106. The molecule has 1 aromatic carbocycles. The monoisotopic (exact) mass is 308 g/mol. The minimum atomic E-state index is -0.601. The molecule has 0 aliphatic heterocycles. The third-order valence-electron chi connectivity index (χ3n) is 3.03. The summed E-state index contributed by atoms with van der Waals surface area (Å²) in [5.74, 6) is 0.793. The number of aliphatic hydroxyl groups is 1. The van der Waals surface area contributed by atoms with Crippen LogP contribution in [0, 0.1) is 13.8 Å². The highest BCUT2D eigenvalue weighted by molar-refractivity contribution is 7.07. The molecule has 3 N–H and O–H groups in total. The summed E-state index contributed by atoms with van der Waals surface area (Å²) < 4.78 is 5.61. The first-order valence-corrected chi connectivity index (χ1v) is 7.68. The first-order chi connectivity index (χ1) is 10.0. The number of aromatic amines is 1. The van der Waals surface area contributed by atoms with Crippen LogP contribution in [-0.2, 0) is 6.54 Å². The van der Waals surface area contributed by atoms with Gasteiger partial charge in [-0.3, -0.25) is 4.79 Å². The lowest BCUT2D eigenvalue weighted by Crippen LogP contribution is -2.31. The van der Waals surface area contributed by atoms with Crippen LogP contribution in [-0.4, -0.2) is 29.3 Å². The topological polar surface area (TPSA) is 74.3 Å². The smallest absolute Gasteiger partial charge is 0.304 e. The van der Waals surface area contributed by atoms with Gasteiger partial charge in [0.1, 0.15) is 18.5 Å². The molecular weight excluding hydrogens is 288 g/mol. The Morgan fingerprint density at radius 1 is 1.43 bits per heavy atom. The van der Waals surface area contributed by atoms with E-state index in [0.29, 0.717) is 13.1 Å². The van der Waals surface area contributed by atoms with Gasteiger partial charge in [0.05, 0.1) is 0 Å². The van der Waals surface area contributed by atoms with Crippen molar-refractivity contribution < 1.29 is 9.84 Å². The molecule has 2 aromatic rings. The summed E-state index contributed by atoms with van der Waals surface area (Å²) >= 11 is 1.14. The zero-order valence-corrected chi connectivity index (χ0v) is 13.0. The molecule has 1 heterocycles. The van der Waals surface area contributed by atoms with Crippen LogP contribution in [0.3, 0.4) is 0 Å². The molecule has 0 saturated heterocycles. The van der Waals surface area contributed by atoms with Gasteiger partial charge in [-0.1, -0.05) is 29.0 Å². The first-order valence-electron chi connectivity index (χ1n) is 6.80. The minimum absolute atomic E-state index is 0.0643. The summed E-state index contributed by atoms with van der Waals surface area (Å²) in [5.41, 5.74) is 3.07. The second kappa shape index (κ2) is 7.40. The quantitative estimate of drug-likeness (QED) is 0.726. The van der Waals surface area contributed by atoms with E-state index in [9.17, 15) is 9.90 Å². The minimum Gasteiger partial charge on any atom is -0.491 e. The van der Waals surface area contributed by atoms with E-state index in [1.807, 2.05) is 32.0 Å². The van der Waals surface area contributed by atoms with E-state index in [0.717, 1.165) is 28.3 Å². The molecule has 0 saturated carbocycles. The fraction of sp³-hybridized carbons (Fsp3) is 0.400. The van der Waals surface area contributed by atoms with Crippen LogP contribution in [0.15, 0.2) is 28.4 Å². The number of H-pyrrole nitrogens is 1. The average Bonchev–Trinajstić information content (AvgIpc) is 2.83. The summed E-state index contributed by atoms with van der Waals surface area (Å²) in [6.45, 7) is 5.18. The Morgan fingerprint density at radius 3 is 2.90 bits per heavy atom. The van der Waals surface area contributed by atoms with E-state index in [-0.39, 0.29) is 11.5 Å². The van der Waals surface area contributed by atoms with Crippen molar-refractivity contribution in [3.8, 4) is 5.75 Å². The molecule has 0 amide bonds. The lowest BCUT2D eigenvalue weighted by Gasteiger charge is -2.14. The van der Waals surface area contributed by atoms with E-state index in [2.05, 4.69) is 10.3 Å². The molecule has 0 bridgehead atoms. The SMILES string of the molecule is Cc1ccc(OCC(O)CNCc2csc(=O)[nH]2)c(C)c1. The maximum atomic E-state index is 11.0. The van der Waals surface area contributed by atoms with Gasteiger partial charge >= 0.3 is 4.87 Å². The number of rotatable bonds is 7. The van der Waals surface area contributed by atoms with Gasteiger partial charge < -0.3 is 20.1 Å². The van der Waals surface area contributed by atoms with Gasteiger partial charge in [-0.05, 0) is 25.5 Å². The van der Waals surface area contributed by atoms with Crippen LogP contribution in [0.1, 0.15) is 16.8 Å². The number of nitrogens with one attached hydrogen (secondary N) is 2. The number of thiazole rings is 1. The highest BCUT2D eigenvalue weighted by Gasteiger charge is 2.07. The molecule has 2 rings (SSSR count). The number of ether oxygens (including phenoxy) is 1. The maximum absolute atomic E-state index is 11.0. The molecule has 0 aliphatic carbocycles. The van der Waals surface area contributed by atoms with Gasteiger partial charge in [-0.15, -0.1) is 0 Å².